The van der Waals surface area contributed by atoms with E-state index in [1.807, 2.05) is 13.8 Å². The minimum Gasteiger partial charge on any atom is -0.303 e. The third-order valence-corrected chi connectivity index (χ3v) is 3.52. The fraction of sp³-hybridized carbons (Fsp3) is 0.929. The smallest absolute Gasteiger partial charge is 0.0683 e. The molecule has 1 aliphatic heterocycles. The molecule has 0 bridgehead atoms. The van der Waals surface area contributed by atoms with E-state index in [1.165, 1.54) is 26.1 Å². The Bertz CT molecular complexity index is 242. The molecule has 0 aromatic heterocycles. The van der Waals surface area contributed by atoms with Crippen LogP contribution in [-0.2, 0) is 0 Å². The minimum absolute atomic E-state index is 0.146. The number of nitriles is 1. The van der Waals surface area contributed by atoms with Crippen molar-refractivity contribution in [3.05, 3.63) is 0 Å². The van der Waals surface area contributed by atoms with Gasteiger partial charge in [-0.3, -0.25) is 0 Å². The Morgan fingerprint density at radius 3 is 2.31 bits per heavy atom. The van der Waals surface area contributed by atoms with Crippen LogP contribution in [0.3, 0.4) is 0 Å². The van der Waals surface area contributed by atoms with E-state index in [9.17, 15) is 0 Å². The third kappa shape index (κ3) is 4.53. The van der Waals surface area contributed by atoms with E-state index in [-0.39, 0.29) is 5.41 Å². The molecule has 1 fully saturated rings. The Morgan fingerprint density at radius 2 is 1.81 bits per heavy atom. The Morgan fingerprint density at radius 1 is 1.25 bits per heavy atom. The molecule has 0 saturated carbocycles. The zero-order valence-corrected chi connectivity index (χ0v) is 11.3. The fourth-order valence-electron chi connectivity index (χ4n) is 2.78. The maximum absolute atomic E-state index is 8.95. The van der Waals surface area contributed by atoms with Gasteiger partial charge in [0.1, 0.15) is 0 Å². The lowest BCUT2D eigenvalue weighted by Gasteiger charge is -2.35. The molecule has 0 aromatic rings. The summed E-state index contributed by atoms with van der Waals surface area (Å²) in [4.78, 5) is 2.58. The molecule has 0 aromatic carbocycles. The van der Waals surface area contributed by atoms with Gasteiger partial charge >= 0.3 is 0 Å². The molecule has 2 unspecified atom stereocenters. The first kappa shape index (κ1) is 13.5. The van der Waals surface area contributed by atoms with Crippen molar-refractivity contribution in [3.63, 3.8) is 0 Å². The molecule has 2 heteroatoms. The van der Waals surface area contributed by atoms with Gasteiger partial charge in [0.05, 0.1) is 11.5 Å². The van der Waals surface area contributed by atoms with E-state index in [1.54, 1.807) is 0 Å². The normalized spacial score (nSPS) is 27.7. The summed E-state index contributed by atoms with van der Waals surface area (Å²) < 4.78 is 0. The summed E-state index contributed by atoms with van der Waals surface area (Å²) in [6, 6.07) is 2.38. The van der Waals surface area contributed by atoms with Crippen LogP contribution in [0.25, 0.3) is 0 Å². The maximum atomic E-state index is 8.95. The lowest BCUT2D eigenvalue weighted by Crippen LogP contribution is -2.39. The Hall–Kier alpha value is -0.550. The van der Waals surface area contributed by atoms with Crippen LogP contribution in [0.15, 0.2) is 0 Å². The van der Waals surface area contributed by atoms with Gasteiger partial charge in [-0.05, 0) is 51.5 Å². The lowest BCUT2D eigenvalue weighted by atomic mass is 9.88. The number of hydrogen-bond donors (Lipinski definition) is 0. The van der Waals surface area contributed by atoms with E-state index in [2.05, 4.69) is 24.8 Å². The number of likely N-dealkylation sites (tertiary alicyclic amines) is 1. The molecule has 0 N–H and O–H groups in total. The highest BCUT2D eigenvalue weighted by Crippen LogP contribution is 2.24. The zero-order valence-electron chi connectivity index (χ0n) is 11.3. The predicted molar refractivity (Wildman–Crippen MR) is 68.0 cm³/mol. The van der Waals surface area contributed by atoms with Gasteiger partial charge in [0.25, 0.3) is 0 Å². The van der Waals surface area contributed by atoms with Crippen molar-refractivity contribution >= 4 is 0 Å². The molecule has 1 heterocycles. The molecule has 2 nitrogen and oxygen atoms in total. The van der Waals surface area contributed by atoms with E-state index in [4.69, 9.17) is 5.26 Å². The molecule has 92 valence electrons. The number of nitrogens with zero attached hydrogens (tertiary/aromatic N) is 2. The second kappa shape index (κ2) is 5.68. The molecular formula is C14H26N2. The van der Waals surface area contributed by atoms with Crippen LogP contribution in [-0.4, -0.2) is 24.5 Å². The fourth-order valence-corrected chi connectivity index (χ4v) is 2.78. The SMILES string of the molecule is CC1CC(C)CN(CCCC(C)(C)C#N)C1. The van der Waals surface area contributed by atoms with Crippen LogP contribution in [0.5, 0.6) is 0 Å². The largest absolute Gasteiger partial charge is 0.303 e. The Labute approximate surface area is 101 Å². The molecular weight excluding hydrogens is 196 g/mol. The Kier molecular flexibility index (Phi) is 4.80. The molecule has 0 amide bonds. The molecule has 16 heavy (non-hydrogen) atoms. The quantitative estimate of drug-likeness (QED) is 0.730. The first-order valence-electron chi connectivity index (χ1n) is 6.56. The van der Waals surface area contributed by atoms with E-state index in [0.717, 1.165) is 24.7 Å². The summed E-state index contributed by atoms with van der Waals surface area (Å²) in [5.41, 5.74) is -0.146. The second-order valence-corrected chi connectivity index (χ2v) is 6.30. The number of rotatable bonds is 4. The summed E-state index contributed by atoms with van der Waals surface area (Å²) in [5.74, 6) is 1.68. The van der Waals surface area contributed by atoms with Crippen molar-refractivity contribution in [3.8, 4) is 6.07 Å². The Balaban J connectivity index is 2.25. The van der Waals surface area contributed by atoms with Gasteiger partial charge in [-0.25, -0.2) is 0 Å². The average molecular weight is 222 g/mol. The topological polar surface area (TPSA) is 27.0 Å². The van der Waals surface area contributed by atoms with Crippen LogP contribution < -0.4 is 0 Å². The van der Waals surface area contributed by atoms with E-state index in [0.29, 0.717) is 0 Å². The van der Waals surface area contributed by atoms with Gasteiger partial charge in [-0.15, -0.1) is 0 Å². The van der Waals surface area contributed by atoms with Crippen LogP contribution >= 0.6 is 0 Å². The van der Waals surface area contributed by atoms with Crippen molar-refractivity contribution < 1.29 is 0 Å². The van der Waals surface area contributed by atoms with E-state index >= 15 is 0 Å². The second-order valence-electron chi connectivity index (χ2n) is 6.30. The van der Waals surface area contributed by atoms with Gasteiger partial charge in [0, 0.05) is 13.1 Å². The van der Waals surface area contributed by atoms with Gasteiger partial charge in [0.15, 0.2) is 0 Å². The summed E-state index contributed by atoms with van der Waals surface area (Å²) in [6.07, 6.45) is 3.54. The van der Waals surface area contributed by atoms with Crippen molar-refractivity contribution in [2.24, 2.45) is 17.3 Å². The highest BCUT2D eigenvalue weighted by molar-refractivity contribution is 4.91. The average Bonchev–Trinajstić information content (AvgIpc) is 2.16. The summed E-state index contributed by atoms with van der Waals surface area (Å²) in [6.45, 7) is 12.4. The standard InChI is InChI=1S/C14H26N2/c1-12-8-13(2)10-16(9-12)7-5-6-14(3,4)11-15/h12-13H,5-10H2,1-4H3. The molecule has 2 atom stereocenters. The molecule has 1 saturated heterocycles. The monoisotopic (exact) mass is 222 g/mol. The van der Waals surface area contributed by atoms with Crippen LogP contribution in [0.2, 0.25) is 0 Å². The van der Waals surface area contributed by atoms with Crippen LogP contribution in [0.1, 0.15) is 47.0 Å². The number of hydrogen-bond acceptors (Lipinski definition) is 2. The summed E-state index contributed by atoms with van der Waals surface area (Å²) in [7, 11) is 0. The zero-order chi connectivity index (χ0) is 12.2. The van der Waals surface area contributed by atoms with Crippen LogP contribution in [0, 0.1) is 28.6 Å². The molecule has 0 spiro atoms. The van der Waals surface area contributed by atoms with E-state index < -0.39 is 0 Å². The highest BCUT2D eigenvalue weighted by Gasteiger charge is 2.22. The minimum atomic E-state index is -0.146. The van der Waals surface area contributed by atoms with Gasteiger partial charge in [-0.2, -0.15) is 5.26 Å². The van der Waals surface area contributed by atoms with Gasteiger partial charge < -0.3 is 4.90 Å². The number of piperidine rings is 1. The van der Waals surface area contributed by atoms with Crippen molar-refractivity contribution in [2.75, 3.05) is 19.6 Å². The van der Waals surface area contributed by atoms with Gasteiger partial charge in [0.2, 0.25) is 0 Å². The molecule has 1 aliphatic rings. The summed E-state index contributed by atoms with van der Waals surface area (Å²) in [5, 5.41) is 8.95. The predicted octanol–water partition coefficient (Wildman–Crippen LogP) is 3.29. The van der Waals surface area contributed by atoms with Gasteiger partial charge in [-0.1, -0.05) is 13.8 Å². The molecule has 1 rings (SSSR count). The van der Waals surface area contributed by atoms with Crippen molar-refractivity contribution in [1.82, 2.24) is 4.90 Å². The van der Waals surface area contributed by atoms with Crippen molar-refractivity contribution in [2.45, 2.75) is 47.0 Å². The first-order chi connectivity index (χ1) is 7.43. The lowest BCUT2D eigenvalue weighted by molar-refractivity contribution is 0.136. The summed E-state index contributed by atoms with van der Waals surface area (Å²) >= 11 is 0. The maximum Gasteiger partial charge on any atom is 0.0683 e. The highest BCUT2D eigenvalue weighted by atomic mass is 15.1. The first-order valence-corrected chi connectivity index (χ1v) is 6.56. The van der Waals surface area contributed by atoms with Crippen LogP contribution in [0.4, 0.5) is 0 Å². The molecule has 0 aliphatic carbocycles. The molecule has 0 radical (unpaired) electrons. The van der Waals surface area contributed by atoms with Crippen molar-refractivity contribution in [1.29, 1.82) is 5.26 Å². The third-order valence-electron chi connectivity index (χ3n) is 3.52.